The Balaban J connectivity index is 2.35. The number of anilines is 1. The second-order valence-electron chi connectivity index (χ2n) is 4.10. The number of aliphatic hydroxyl groups is 1. The predicted octanol–water partition coefficient (Wildman–Crippen LogP) is 1.68. The van der Waals surface area contributed by atoms with E-state index in [4.69, 9.17) is 5.11 Å². The van der Waals surface area contributed by atoms with E-state index in [9.17, 15) is 8.42 Å². The van der Waals surface area contributed by atoms with Crippen LogP contribution in [-0.2, 0) is 16.6 Å². The van der Waals surface area contributed by atoms with Gasteiger partial charge in [0.1, 0.15) is 0 Å². The molecule has 0 saturated carbocycles. The van der Waals surface area contributed by atoms with Gasteiger partial charge < -0.3 is 5.11 Å². The SMILES string of the molecule is Cc1cnccc1NS(=O)(=O)c1cccc(CO)c1. The van der Waals surface area contributed by atoms with E-state index in [1.807, 2.05) is 0 Å². The topological polar surface area (TPSA) is 79.3 Å². The lowest BCUT2D eigenvalue weighted by molar-refractivity contribution is 0.281. The molecule has 1 aromatic carbocycles. The largest absolute Gasteiger partial charge is 0.392 e. The molecule has 0 aliphatic carbocycles. The van der Waals surface area contributed by atoms with E-state index >= 15 is 0 Å². The number of rotatable bonds is 4. The number of hydrogen-bond acceptors (Lipinski definition) is 4. The number of benzene rings is 1. The molecule has 2 N–H and O–H groups in total. The third kappa shape index (κ3) is 3.10. The van der Waals surface area contributed by atoms with Crippen molar-refractivity contribution < 1.29 is 13.5 Å². The Morgan fingerprint density at radius 3 is 2.79 bits per heavy atom. The van der Waals surface area contributed by atoms with Gasteiger partial charge in [0.05, 0.1) is 17.2 Å². The summed E-state index contributed by atoms with van der Waals surface area (Å²) in [6.45, 7) is 1.58. The van der Waals surface area contributed by atoms with E-state index < -0.39 is 10.0 Å². The minimum atomic E-state index is -3.66. The summed E-state index contributed by atoms with van der Waals surface area (Å²) in [5, 5.41) is 9.04. The Morgan fingerprint density at radius 1 is 1.32 bits per heavy atom. The molecular weight excluding hydrogens is 264 g/mol. The van der Waals surface area contributed by atoms with Crippen LogP contribution in [0.15, 0.2) is 47.6 Å². The summed E-state index contributed by atoms with van der Waals surface area (Å²) < 4.78 is 26.9. The van der Waals surface area contributed by atoms with Crippen LogP contribution in [0.3, 0.4) is 0 Å². The molecule has 0 unspecified atom stereocenters. The summed E-state index contributed by atoms with van der Waals surface area (Å²) in [5.74, 6) is 0. The fraction of sp³-hybridized carbons (Fsp3) is 0.154. The van der Waals surface area contributed by atoms with Crippen LogP contribution in [-0.4, -0.2) is 18.5 Å². The van der Waals surface area contributed by atoms with Crippen molar-refractivity contribution in [3.63, 3.8) is 0 Å². The van der Waals surface area contributed by atoms with Gasteiger partial charge in [0, 0.05) is 12.4 Å². The van der Waals surface area contributed by atoms with Crippen LogP contribution in [0, 0.1) is 6.92 Å². The molecule has 0 spiro atoms. The smallest absolute Gasteiger partial charge is 0.261 e. The lowest BCUT2D eigenvalue weighted by atomic mass is 10.2. The Kier molecular flexibility index (Phi) is 3.82. The van der Waals surface area contributed by atoms with Crippen LogP contribution in [0.5, 0.6) is 0 Å². The average molecular weight is 278 g/mol. The van der Waals surface area contributed by atoms with Crippen molar-refractivity contribution in [1.82, 2.24) is 4.98 Å². The normalized spacial score (nSPS) is 11.3. The molecule has 0 bridgehead atoms. The zero-order chi connectivity index (χ0) is 13.9. The second kappa shape index (κ2) is 5.38. The Hall–Kier alpha value is -1.92. The van der Waals surface area contributed by atoms with Gasteiger partial charge in [-0.15, -0.1) is 0 Å². The van der Waals surface area contributed by atoms with Gasteiger partial charge in [-0.3, -0.25) is 9.71 Å². The molecule has 0 aliphatic heterocycles. The zero-order valence-electron chi connectivity index (χ0n) is 10.4. The lowest BCUT2D eigenvalue weighted by Crippen LogP contribution is -2.14. The first-order valence-electron chi connectivity index (χ1n) is 5.66. The van der Waals surface area contributed by atoms with Crippen LogP contribution in [0.25, 0.3) is 0 Å². The number of nitrogens with zero attached hydrogens (tertiary/aromatic N) is 1. The molecule has 1 heterocycles. The molecule has 0 amide bonds. The van der Waals surface area contributed by atoms with Gasteiger partial charge in [-0.25, -0.2) is 8.42 Å². The molecule has 2 aromatic rings. The van der Waals surface area contributed by atoms with Gasteiger partial charge in [0.15, 0.2) is 0 Å². The molecule has 0 saturated heterocycles. The van der Waals surface area contributed by atoms with Crippen molar-refractivity contribution in [3.8, 4) is 0 Å². The molecule has 0 radical (unpaired) electrons. The van der Waals surface area contributed by atoms with Crippen LogP contribution in [0.1, 0.15) is 11.1 Å². The summed E-state index contributed by atoms with van der Waals surface area (Å²) in [6.07, 6.45) is 3.11. The van der Waals surface area contributed by atoms with Crippen molar-refractivity contribution in [3.05, 3.63) is 53.9 Å². The third-order valence-electron chi connectivity index (χ3n) is 2.66. The van der Waals surface area contributed by atoms with E-state index in [0.29, 0.717) is 11.3 Å². The summed E-state index contributed by atoms with van der Waals surface area (Å²) in [7, 11) is -3.66. The maximum Gasteiger partial charge on any atom is 0.261 e. The van der Waals surface area contributed by atoms with Crippen molar-refractivity contribution in [2.24, 2.45) is 0 Å². The average Bonchev–Trinajstić information content (AvgIpc) is 2.41. The molecule has 100 valence electrons. The molecule has 5 nitrogen and oxygen atoms in total. The minimum absolute atomic E-state index is 0.121. The van der Waals surface area contributed by atoms with E-state index in [-0.39, 0.29) is 11.5 Å². The molecule has 2 rings (SSSR count). The molecule has 1 aromatic heterocycles. The van der Waals surface area contributed by atoms with Crippen molar-refractivity contribution in [2.75, 3.05) is 4.72 Å². The first kappa shape index (κ1) is 13.5. The predicted molar refractivity (Wildman–Crippen MR) is 72.1 cm³/mol. The molecule has 0 atom stereocenters. The molecule has 19 heavy (non-hydrogen) atoms. The van der Waals surface area contributed by atoms with E-state index in [1.165, 1.54) is 18.3 Å². The van der Waals surface area contributed by atoms with E-state index in [2.05, 4.69) is 9.71 Å². The minimum Gasteiger partial charge on any atom is -0.392 e. The number of sulfonamides is 1. The standard InChI is InChI=1S/C13H14N2O3S/c1-10-8-14-6-5-13(10)15-19(17,18)12-4-2-3-11(7-12)9-16/h2-8,16H,9H2,1H3,(H,14,15). The third-order valence-corrected chi connectivity index (χ3v) is 4.02. The highest BCUT2D eigenvalue weighted by molar-refractivity contribution is 7.92. The number of aliphatic hydroxyl groups excluding tert-OH is 1. The maximum atomic E-state index is 12.2. The number of hydrogen-bond donors (Lipinski definition) is 2. The van der Waals surface area contributed by atoms with Crippen LogP contribution in [0.2, 0.25) is 0 Å². The monoisotopic (exact) mass is 278 g/mol. The highest BCUT2D eigenvalue weighted by Gasteiger charge is 2.15. The van der Waals surface area contributed by atoms with Gasteiger partial charge in [-0.1, -0.05) is 12.1 Å². The number of nitrogens with one attached hydrogen (secondary N) is 1. The van der Waals surface area contributed by atoms with Crippen molar-refractivity contribution >= 4 is 15.7 Å². The van der Waals surface area contributed by atoms with Crippen molar-refractivity contribution in [1.29, 1.82) is 0 Å². The fourth-order valence-electron chi connectivity index (χ4n) is 1.60. The summed E-state index contributed by atoms with van der Waals surface area (Å²) in [5.41, 5.74) is 1.78. The number of aryl methyl sites for hydroxylation is 1. The fourth-order valence-corrected chi connectivity index (χ4v) is 2.80. The molecule has 0 aliphatic rings. The van der Waals surface area contributed by atoms with Gasteiger partial charge in [0.2, 0.25) is 0 Å². The second-order valence-corrected chi connectivity index (χ2v) is 5.78. The number of pyridine rings is 1. The van der Waals surface area contributed by atoms with Gasteiger partial charge >= 0.3 is 0 Å². The first-order chi connectivity index (χ1) is 9.03. The highest BCUT2D eigenvalue weighted by Crippen LogP contribution is 2.19. The quantitative estimate of drug-likeness (QED) is 0.892. The summed E-state index contributed by atoms with van der Waals surface area (Å²) in [4.78, 5) is 4.03. The Morgan fingerprint density at radius 2 is 2.11 bits per heavy atom. The first-order valence-corrected chi connectivity index (χ1v) is 7.14. The van der Waals surface area contributed by atoms with E-state index in [0.717, 1.165) is 5.56 Å². The Bertz CT molecular complexity index is 684. The molecular formula is C13H14N2O3S. The molecule has 6 heteroatoms. The lowest BCUT2D eigenvalue weighted by Gasteiger charge is -2.10. The number of aromatic nitrogens is 1. The van der Waals surface area contributed by atoms with Crippen LogP contribution >= 0.6 is 0 Å². The summed E-state index contributed by atoms with van der Waals surface area (Å²) >= 11 is 0. The highest BCUT2D eigenvalue weighted by atomic mass is 32.2. The maximum absolute atomic E-state index is 12.2. The van der Waals surface area contributed by atoms with Gasteiger partial charge in [0.25, 0.3) is 10.0 Å². The Labute approximate surface area is 112 Å². The summed E-state index contributed by atoms with van der Waals surface area (Å²) in [6, 6.07) is 7.79. The van der Waals surface area contributed by atoms with Crippen molar-refractivity contribution in [2.45, 2.75) is 18.4 Å². The van der Waals surface area contributed by atoms with Crippen LogP contribution < -0.4 is 4.72 Å². The van der Waals surface area contributed by atoms with Crippen LogP contribution in [0.4, 0.5) is 5.69 Å². The molecule has 0 fully saturated rings. The van der Waals surface area contributed by atoms with E-state index in [1.54, 1.807) is 31.3 Å². The zero-order valence-corrected chi connectivity index (χ0v) is 11.2. The van der Waals surface area contributed by atoms with Gasteiger partial charge in [-0.2, -0.15) is 0 Å². The van der Waals surface area contributed by atoms with Gasteiger partial charge in [-0.05, 0) is 36.2 Å².